The lowest BCUT2D eigenvalue weighted by atomic mass is 10.1. The quantitative estimate of drug-likeness (QED) is 0.247. The number of urea groups is 1. The molecule has 0 radical (unpaired) electrons. The van der Waals surface area contributed by atoms with Crippen LogP contribution in [-0.4, -0.2) is 47.5 Å². The zero-order valence-electron chi connectivity index (χ0n) is 21.8. The molecule has 10 nitrogen and oxygen atoms in total. The van der Waals surface area contributed by atoms with Crippen molar-refractivity contribution in [1.82, 2.24) is 5.32 Å². The first kappa shape index (κ1) is 29.5. The number of anilines is 1. The van der Waals surface area contributed by atoms with E-state index in [0.29, 0.717) is 11.3 Å². The predicted molar refractivity (Wildman–Crippen MR) is 143 cm³/mol. The van der Waals surface area contributed by atoms with Gasteiger partial charge in [0.05, 0.1) is 5.60 Å². The molecule has 3 amide bonds. The fourth-order valence-electron chi connectivity index (χ4n) is 2.72. The number of hydrogen-bond acceptors (Lipinski definition) is 8. The van der Waals surface area contributed by atoms with Crippen LogP contribution in [0.15, 0.2) is 42.5 Å². The van der Waals surface area contributed by atoms with E-state index in [4.69, 9.17) is 36.9 Å². The summed E-state index contributed by atoms with van der Waals surface area (Å²) in [6.45, 7) is 10.4. The topological polar surface area (TPSA) is 138 Å². The van der Waals surface area contributed by atoms with Gasteiger partial charge in [0.25, 0.3) is 5.91 Å². The van der Waals surface area contributed by atoms with E-state index in [-0.39, 0.29) is 35.5 Å². The molecule has 0 saturated carbocycles. The minimum Gasteiger partial charge on any atom is -0.478 e. The highest BCUT2D eigenvalue weighted by atomic mass is 32.1. The number of esters is 1. The summed E-state index contributed by atoms with van der Waals surface area (Å²) < 4.78 is 22.1. The fraction of sp³-hybridized carbons (Fsp3) is 0.385. The molecule has 11 heteroatoms. The van der Waals surface area contributed by atoms with Crippen molar-refractivity contribution < 1.29 is 33.3 Å². The first-order valence-corrected chi connectivity index (χ1v) is 11.8. The second-order valence-electron chi connectivity index (χ2n) is 9.91. The Balaban J connectivity index is 2.09. The average Bonchev–Trinajstić information content (AvgIpc) is 2.76. The number of ether oxygens (including phenoxy) is 4. The summed E-state index contributed by atoms with van der Waals surface area (Å²) in [5.41, 5.74) is 5.61. The summed E-state index contributed by atoms with van der Waals surface area (Å²) in [4.78, 5) is 37.1. The third-order valence-corrected chi connectivity index (χ3v) is 4.57. The fourth-order valence-corrected chi connectivity index (χ4v) is 2.85. The van der Waals surface area contributed by atoms with Crippen LogP contribution in [0.4, 0.5) is 10.5 Å². The number of benzene rings is 2. The smallest absolute Gasteiger partial charge is 0.344 e. The SMILES string of the molecule is CC(C)(C)OCOc1cc(NC(=O)NC(=O)c2ccc(C(N)=S)cc2)ccc1OCC(=O)OC(C)(C)C. The summed E-state index contributed by atoms with van der Waals surface area (Å²) in [6, 6.07) is 9.97. The second kappa shape index (κ2) is 12.5. The monoisotopic (exact) mass is 531 g/mol. The molecule has 0 spiro atoms. The third kappa shape index (κ3) is 10.8. The van der Waals surface area contributed by atoms with E-state index in [1.54, 1.807) is 32.9 Å². The van der Waals surface area contributed by atoms with E-state index in [1.807, 2.05) is 20.8 Å². The van der Waals surface area contributed by atoms with Gasteiger partial charge in [0.15, 0.2) is 24.9 Å². The lowest BCUT2D eigenvalue weighted by Gasteiger charge is -2.21. The van der Waals surface area contributed by atoms with E-state index in [2.05, 4.69) is 10.6 Å². The van der Waals surface area contributed by atoms with E-state index in [0.717, 1.165) is 0 Å². The van der Waals surface area contributed by atoms with Gasteiger partial charge < -0.3 is 30.0 Å². The molecular weight excluding hydrogens is 498 g/mol. The molecule has 2 rings (SSSR count). The van der Waals surface area contributed by atoms with Crippen LogP contribution >= 0.6 is 12.2 Å². The maximum absolute atomic E-state index is 12.4. The lowest BCUT2D eigenvalue weighted by molar-refractivity contribution is -0.157. The summed E-state index contributed by atoms with van der Waals surface area (Å²) >= 11 is 4.89. The van der Waals surface area contributed by atoms with Crippen molar-refractivity contribution in [1.29, 1.82) is 0 Å². The molecule has 4 N–H and O–H groups in total. The van der Waals surface area contributed by atoms with E-state index in [9.17, 15) is 14.4 Å². The van der Waals surface area contributed by atoms with E-state index in [1.165, 1.54) is 30.3 Å². The van der Waals surface area contributed by atoms with Gasteiger partial charge in [-0.15, -0.1) is 0 Å². The van der Waals surface area contributed by atoms with Gasteiger partial charge in [-0.3, -0.25) is 10.1 Å². The van der Waals surface area contributed by atoms with Crippen molar-refractivity contribution in [3.63, 3.8) is 0 Å². The van der Waals surface area contributed by atoms with Crippen molar-refractivity contribution in [3.05, 3.63) is 53.6 Å². The normalized spacial score (nSPS) is 11.3. The second-order valence-corrected chi connectivity index (χ2v) is 10.3. The summed E-state index contributed by atoms with van der Waals surface area (Å²) in [5.74, 6) is -0.709. The zero-order chi connectivity index (χ0) is 27.8. The summed E-state index contributed by atoms with van der Waals surface area (Å²) in [5, 5.41) is 4.80. The molecule has 2 aromatic rings. The Labute approximate surface area is 221 Å². The number of nitrogens with two attached hydrogens (primary N) is 1. The molecular formula is C26H33N3O7S. The van der Waals surface area contributed by atoms with E-state index < -0.39 is 29.1 Å². The Morgan fingerprint density at radius 3 is 2.05 bits per heavy atom. The van der Waals surface area contributed by atoms with Gasteiger partial charge in [-0.05, 0) is 65.8 Å². The average molecular weight is 532 g/mol. The maximum atomic E-state index is 12.4. The molecule has 0 atom stereocenters. The molecule has 37 heavy (non-hydrogen) atoms. The molecule has 0 aliphatic carbocycles. The van der Waals surface area contributed by atoms with Crippen LogP contribution in [0.25, 0.3) is 0 Å². The molecule has 0 aromatic heterocycles. The van der Waals surface area contributed by atoms with Crippen LogP contribution in [0.1, 0.15) is 57.5 Å². The first-order chi connectivity index (χ1) is 17.1. The minimum atomic E-state index is -0.761. The van der Waals surface area contributed by atoms with Crippen LogP contribution in [0.2, 0.25) is 0 Å². The Kier molecular flexibility index (Phi) is 9.98. The molecule has 0 aliphatic rings. The summed E-state index contributed by atoms with van der Waals surface area (Å²) in [6.07, 6.45) is 0. The van der Waals surface area contributed by atoms with Gasteiger partial charge in [0, 0.05) is 22.9 Å². The van der Waals surface area contributed by atoms with Crippen LogP contribution in [-0.2, 0) is 14.3 Å². The molecule has 2 aromatic carbocycles. The number of hydrogen-bond donors (Lipinski definition) is 3. The Morgan fingerprint density at radius 1 is 0.865 bits per heavy atom. The van der Waals surface area contributed by atoms with Gasteiger partial charge in [0.2, 0.25) is 0 Å². The molecule has 0 aliphatic heterocycles. The van der Waals surface area contributed by atoms with Gasteiger partial charge in [-0.1, -0.05) is 24.4 Å². The Morgan fingerprint density at radius 2 is 1.49 bits per heavy atom. The van der Waals surface area contributed by atoms with Crippen LogP contribution in [0.5, 0.6) is 11.5 Å². The molecule has 0 bridgehead atoms. The van der Waals surface area contributed by atoms with Crippen LogP contribution in [0.3, 0.4) is 0 Å². The number of carbonyl (C=O) groups excluding carboxylic acids is 3. The zero-order valence-corrected chi connectivity index (χ0v) is 22.6. The Hall–Kier alpha value is -3.70. The van der Waals surface area contributed by atoms with Gasteiger partial charge in [0.1, 0.15) is 10.6 Å². The first-order valence-electron chi connectivity index (χ1n) is 11.4. The van der Waals surface area contributed by atoms with Gasteiger partial charge in [-0.2, -0.15) is 0 Å². The molecule has 0 heterocycles. The van der Waals surface area contributed by atoms with Crippen molar-refractivity contribution in [2.24, 2.45) is 5.73 Å². The molecule has 0 fully saturated rings. The highest BCUT2D eigenvalue weighted by Crippen LogP contribution is 2.31. The van der Waals surface area contributed by atoms with Gasteiger partial charge >= 0.3 is 12.0 Å². The molecule has 0 saturated heterocycles. The standard InChI is InChI=1S/C26H33N3O7S/c1-25(2,3)35-15-34-20-13-18(11-12-19(20)33-14-21(30)36-26(4,5)6)28-24(32)29-23(31)17-9-7-16(8-10-17)22(27)37/h7-13H,14-15H2,1-6H3,(H2,27,37)(H2,28,29,31,32). The number of amides is 3. The maximum Gasteiger partial charge on any atom is 0.344 e. The third-order valence-electron chi connectivity index (χ3n) is 4.33. The number of thiocarbonyl (C=S) groups is 1. The number of carbonyl (C=O) groups is 3. The lowest BCUT2D eigenvalue weighted by Crippen LogP contribution is -2.34. The highest BCUT2D eigenvalue weighted by Gasteiger charge is 2.19. The van der Waals surface area contributed by atoms with Crippen molar-refractivity contribution in [2.45, 2.75) is 52.7 Å². The van der Waals surface area contributed by atoms with Crippen molar-refractivity contribution >= 4 is 40.8 Å². The molecule has 0 unspecified atom stereocenters. The van der Waals surface area contributed by atoms with Crippen LogP contribution < -0.4 is 25.8 Å². The van der Waals surface area contributed by atoms with Crippen LogP contribution in [0, 0.1) is 0 Å². The van der Waals surface area contributed by atoms with Crippen molar-refractivity contribution in [3.8, 4) is 11.5 Å². The largest absolute Gasteiger partial charge is 0.478 e. The Bertz CT molecular complexity index is 1140. The number of rotatable bonds is 9. The summed E-state index contributed by atoms with van der Waals surface area (Å²) in [7, 11) is 0. The molecule has 200 valence electrons. The minimum absolute atomic E-state index is 0.108. The van der Waals surface area contributed by atoms with Gasteiger partial charge in [-0.25, -0.2) is 9.59 Å². The predicted octanol–water partition coefficient (Wildman–Crippen LogP) is 4.15. The van der Waals surface area contributed by atoms with E-state index >= 15 is 0 Å². The van der Waals surface area contributed by atoms with Crippen molar-refractivity contribution in [2.75, 3.05) is 18.7 Å². The highest BCUT2D eigenvalue weighted by molar-refractivity contribution is 7.80. The number of imide groups is 1. The number of nitrogens with one attached hydrogen (secondary N) is 2.